The highest BCUT2D eigenvalue weighted by molar-refractivity contribution is 6.10. The Kier molecular flexibility index (Phi) is 4.44. The van der Waals surface area contributed by atoms with Crippen molar-refractivity contribution in [3.8, 4) is 0 Å². The van der Waals surface area contributed by atoms with Crippen LogP contribution >= 0.6 is 0 Å². The van der Waals surface area contributed by atoms with Crippen molar-refractivity contribution in [1.29, 1.82) is 0 Å². The summed E-state index contributed by atoms with van der Waals surface area (Å²) in [6.45, 7) is 7.87. The average molecular weight is 380 g/mol. The quantitative estimate of drug-likeness (QED) is 0.735. The lowest BCUT2D eigenvalue weighted by Crippen LogP contribution is -2.53. The number of hydrogen-bond acceptors (Lipinski definition) is 3. The molecule has 0 N–H and O–H groups in total. The summed E-state index contributed by atoms with van der Waals surface area (Å²) in [7, 11) is 0. The zero-order chi connectivity index (χ0) is 20.2. The lowest BCUT2D eigenvalue weighted by Gasteiger charge is -2.42. The first kappa shape index (κ1) is 18.9. The maximum Gasteiger partial charge on any atom is 0.247 e. The third-order valence-electron chi connectivity index (χ3n) is 6.44. The normalized spacial score (nSPS) is 26.1. The predicted molar refractivity (Wildman–Crippen MR) is 109 cm³/mol. The SMILES string of the molecule is CC1=CC(C)(C)N(C(=O)CN2C(=O)[C@H]3CCCC[C@H]3C2=O)c2cc(C)ccc21. The summed E-state index contributed by atoms with van der Waals surface area (Å²) >= 11 is 0. The van der Waals surface area contributed by atoms with Crippen molar-refractivity contribution in [1.82, 2.24) is 4.90 Å². The molecule has 5 heteroatoms. The molecule has 0 unspecified atom stereocenters. The van der Waals surface area contributed by atoms with Gasteiger partial charge in [-0.15, -0.1) is 0 Å². The smallest absolute Gasteiger partial charge is 0.247 e. The third-order valence-corrected chi connectivity index (χ3v) is 6.44. The van der Waals surface area contributed by atoms with Gasteiger partial charge < -0.3 is 4.90 Å². The van der Waals surface area contributed by atoms with E-state index in [0.717, 1.165) is 48.1 Å². The van der Waals surface area contributed by atoms with Crippen LogP contribution in [0.3, 0.4) is 0 Å². The van der Waals surface area contributed by atoms with Crippen molar-refractivity contribution in [3.63, 3.8) is 0 Å². The van der Waals surface area contributed by atoms with Crippen LogP contribution in [0.2, 0.25) is 0 Å². The molecule has 0 radical (unpaired) electrons. The Morgan fingerprint density at radius 1 is 1.07 bits per heavy atom. The largest absolute Gasteiger partial charge is 0.301 e. The molecule has 1 aromatic carbocycles. The molecule has 5 nitrogen and oxygen atoms in total. The zero-order valence-corrected chi connectivity index (χ0v) is 17.1. The Hall–Kier alpha value is -2.43. The van der Waals surface area contributed by atoms with Crippen molar-refractivity contribution in [3.05, 3.63) is 35.4 Å². The molecule has 2 atom stereocenters. The summed E-state index contributed by atoms with van der Waals surface area (Å²) in [4.78, 5) is 42.0. The maximum absolute atomic E-state index is 13.4. The first-order valence-electron chi connectivity index (χ1n) is 10.2. The molecule has 1 aliphatic carbocycles. The Labute approximate surface area is 166 Å². The van der Waals surface area contributed by atoms with Gasteiger partial charge in [0.25, 0.3) is 0 Å². The molecule has 1 saturated heterocycles. The molecule has 3 amide bonds. The number of allylic oxidation sites excluding steroid dienone is 1. The van der Waals surface area contributed by atoms with Crippen LogP contribution in [0.25, 0.3) is 5.57 Å². The number of aryl methyl sites for hydroxylation is 1. The molecule has 148 valence electrons. The molecule has 2 aliphatic heterocycles. The highest BCUT2D eigenvalue weighted by atomic mass is 16.2. The molecule has 2 fully saturated rings. The van der Waals surface area contributed by atoms with Gasteiger partial charge in [0.15, 0.2) is 0 Å². The van der Waals surface area contributed by atoms with Gasteiger partial charge in [0.05, 0.1) is 23.1 Å². The number of benzene rings is 1. The second-order valence-corrected chi connectivity index (χ2v) is 8.99. The lowest BCUT2D eigenvalue weighted by molar-refractivity contribution is -0.143. The van der Waals surface area contributed by atoms with Crippen LogP contribution in [-0.4, -0.2) is 34.7 Å². The molecule has 1 saturated carbocycles. The minimum atomic E-state index is -0.527. The zero-order valence-electron chi connectivity index (χ0n) is 17.1. The van der Waals surface area contributed by atoms with Crippen LogP contribution in [0.5, 0.6) is 0 Å². The van der Waals surface area contributed by atoms with Gasteiger partial charge in [-0.05, 0) is 57.7 Å². The number of likely N-dealkylation sites (tertiary alicyclic amines) is 1. The molecule has 28 heavy (non-hydrogen) atoms. The maximum atomic E-state index is 13.4. The van der Waals surface area contributed by atoms with Gasteiger partial charge in [-0.3, -0.25) is 19.3 Å². The number of rotatable bonds is 2. The number of fused-ring (bicyclic) bond motifs is 2. The molecule has 0 spiro atoms. The minimum Gasteiger partial charge on any atom is -0.301 e. The number of hydrogen-bond donors (Lipinski definition) is 0. The standard InChI is InChI=1S/C23H28N2O3/c1-14-9-10-16-15(2)12-23(3,4)25(19(16)11-14)20(26)13-24-21(27)17-7-5-6-8-18(17)22(24)28/h9-12,17-18H,5-8,13H2,1-4H3/t17-,18+. The minimum absolute atomic E-state index is 0.158. The first-order chi connectivity index (χ1) is 13.2. The summed E-state index contributed by atoms with van der Waals surface area (Å²) < 4.78 is 0. The lowest BCUT2D eigenvalue weighted by atomic mass is 9.81. The van der Waals surface area contributed by atoms with E-state index in [1.165, 1.54) is 4.90 Å². The monoisotopic (exact) mass is 380 g/mol. The number of anilines is 1. The summed E-state index contributed by atoms with van der Waals surface area (Å²) in [5, 5.41) is 0. The number of amides is 3. The van der Waals surface area contributed by atoms with E-state index < -0.39 is 5.54 Å². The fourth-order valence-corrected chi connectivity index (χ4v) is 5.19. The predicted octanol–water partition coefficient (Wildman–Crippen LogP) is 3.70. The number of imide groups is 1. The Morgan fingerprint density at radius 2 is 1.68 bits per heavy atom. The van der Waals surface area contributed by atoms with Gasteiger partial charge in [-0.25, -0.2) is 0 Å². The van der Waals surface area contributed by atoms with Crippen molar-refractivity contribution >= 4 is 29.0 Å². The second-order valence-electron chi connectivity index (χ2n) is 8.99. The molecular weight excluding hydrogens is 352 g/mol. The molecule has 0 aromatic heterocycles. The molecule has 4 rings (SSSR count). The fraction of sp³-hybridized carbons (Fsp3) is 0.522. The van der Waals surface area contributed by atoms with Gasteiger partial charge in [0.2, 0.25) is 17.7 Å². The second kappa shape index (κ2) is 6.57. The van der Waals surface area contributed by atoms with Crippen molar-refractivity contribution in [2.75, 3.05) is 11.4 Å². The highest BCUT2D eigenvalue weighted by Crippen LogP contribution is 2.41. The molecular formula is C23H28N2O3. The van der Waals surface area contributed by atoms with E-state index in [1.54, 1.807) is 4.90 Å². The summed E-state index contributed by atoms with van der Waals surface area (Å²) in [5.74, 6) is -0.968. The topological polar surface area (TPSA) is 57.7 Å². The van der Waals surface area contributed by atoms with Crippen LogP contribution in [-0.2, 0) is 14.4 Å². The van der Waals surface area contributed by atoms with Crippen LogP contribution < -0.4 is 4.90 Å². The van der Waals surface area contributed by atoms with Crippen molar-refractivity contribution < 1.29 is 14.4 Å². The summed E-state index contributed by atoms with van der Waals surface area (Å²) in [5.41, 5.74) is 3.54. The summed E-state index contributed by atoms with van der Waals surface area (Å²) in [6.07, 6.45) is 5.57. The van der Waals surface area contributed by atoms with Crippen LogP contribution in [0.15, 0.2) is 24.3 Å². The van der Waals surface area contributed by atoms with Gasteiger partial charge in [-0.1, -0.05) is 31.1 Å². The highest BCUT2D eigenvalue weighted by Gasteiger charge is 2.49. The van der Waals surface area contributed by atoms with Gasteiger partial charge in [0.1, 0.15) is 6.54 Å². The van der Waals surface area contributed by atoms with Gasteiger partial charge in [0, 0.05) is 5.56 Å². The Morgan fingerprint density at radius 3 is 2.29 bits per heavy atom. The molecule has 0 bridgehead atoms. The van der Waals surface area contributed by atoms with Gasteiger partial charge in [-0.2, -0.15) is 0 Å². The van der Waals surface area contributed by atoms with Gasteiger partial charge >= 0.3 is 0 Å². The first-order valence-corrected chi connectivity index (χ1v) is 10.2. The van der Waals surface area contributed by atoms with Crippen LogP contribution in [0.1, 0.15) is 57.6 Å². The Balaban J connectivity index is 1.65. The average Bonchev–Trinajstić information content (AvgIpc) is 2.86. The van der Waals surface area contributed by atoms with E-state index in [1.807, 2.05) is 39.0 Å². The van der Waals surface area contributed by atoms with Crippen molar-refractivity contribution in [2.24, 2.45) is 11.8 Å². The summed E-state index contributed by atoms with van der Waals surface area (Å²) in [6, 6.07) is 6.08. The Bertz CT molecular complexity index is 875. The van der Waals surface area contributed by atoms with Crippen LogP contribution in [0, 0.1) is 18.8 Å². The van der Waals surface area contributed by atoms with E-state index in [9.17, 15) is 14.4 Å². The number of nitrogens with zero attached hydrogens (tertiary/aromatic N) is 2. The molecule has 1 aromatic rings. The van der Waals surface area contributed by atoms with E-state index in [0.29, 0.717) is 0 Å². The van der Waals surface area contributed by atoms with Crippen LogP contribution in [0.4, 0.5) is 5.69 Å². The third kappa shape index (κ3) is 2.88. The van der Waals surface area contributed by atoms with E-state index in [2.05, 4.69) is 13.0 Å². The molecule has 2 heterocycles. The number of carbonyl (C=O) groups is 3. The van der Waals surface area contributed by atoms with E-state index >= 15 is 0 Å². The fourth-order valence-electron chi connectivity index (χ4n) is 5.19. The number of carbonyl (C=O) groups excluding carboxylic acids is 3. The van der Waals surface area contributed by atoms with E-state index in [-0.39, 0.29) is 36.1 Å². The molecule has 3 aliphatic rings. The van der Waals surface area contributed by atoms with E-state index in [4.69, 9.17) is 0 Å². The van der Waals surface area contributed by atoms with Crippen molar-refractivity contribution in [2.45, 2.75) is 58.9 Å².